The van der Waals surface area contributed by atoms with Crippen molar-refractivity contribution in [3.8, 4) is 34.5 Å². The molecule has 12 nitrogen and oxygen atoms in total. The van der Waals surface area contributed by atoms with Gasteiger partial charge in [0.05, 0.1) is 54.4 Å². The van der Waals surface area contributed by atoms with Gasteiger partial charge in [-0.1, -0.05) is 0 Å². The first kappa shape index (κ1) is 27.1. The summed E-state index contributed by atoms with van der Waals surface area (Å²) in [7, 11) is 4.26. The SMILES string of the molecule is COc1cc([N+](=O)[O-])c2c(c1O)C=CC(C)(C)O2.COc1cc([N+](=O)[O-])c2c(c1OC)C=CC(C)(C)O2. The minimum Gasteiger partial charge on any atom is -0.504 e. The summed E-state index contributed by atoms with van der Waals surface area (Å²) in [4.78, 5) is 21.1. The maximum Gasteiger partial charge on any atom is 0.315 e. The van der Waals surface area contributed by atoms with Crippen LogP contribution in [0, 0.1) is 20.2 Å². The number of benzene rings is 2. The van der Waals surface area contributed by atoms with Gasteiger partial charge in [0.1, 0.15) is 11.2 Å². The molecule has 0 saturated carbocycles. The lowest BCUT2D eigenvalue weighted by Crippen LogP contribution is -2.28. The Hall–Kier alpha value is -4.48. The number of nitro groups is 2. The lowest BCUT2D eigenvalue weighted by Gasteiger charge is -2.28. The molecule has 2 aliphatic heterocycles. The third-order valence-corrected chi connectivity index (χ3v) is 5.52. The summed E-state index contributed by atoms with van der Waals surface area (Å²) >= 11 is 0. The summed E-state index contributed by atoms with van der Waals surface area (Å²) in [5, 5.41) is 32.1. The van der Waals surface area contributed by atoms with Crippen molar-refractivity contribution in [3.63, 3.8) is 0 Å². The molecule has 1 N–H and O–H groups in total. The van der Waals surface area contributed by atoms with Crippen molar-refractivity contribution in [2.45, 2.75) is 38.9 Å². The van der Waals surface area contributed by atoms with E-state index in [0.29, 0.717) is 17.1 Å². The first-order chi connectivity index (χ1) is 17.2. The predicted octanol–water partition coefficient (Wildman–Crippen LogP) is 5.29. The third kappa shape index (κ3) is 5.37. The Balaban J connectivity index is 0.000000206. The molecule has 2 aromatic rings. The van der Waals surface area contributed by atoms with Crippen LogP contribution in [-0.2, 0) is 0 Å². The van der Waals surface area contributed by atoms with E-state index < -0.39 is 21.0 Å². The summed E-state index contributed by atoms with van der Waals surface area (Å²) in [5.74, 6) is 0.884. The van der Waals surface area contributed by atoms with Crippen molar-refractivity contribution in [3.05, 3.63) is 55.6 Å². The molecule has 0 bridgehead atoms. The van der Waals surface area contributed by atoms with E-state index in [4.69, 9.17) is 23.7 Å². The van der Waals surface area contributed by atoms with Crippen molar-refractivity contribution in [2.24, 2.45) is 0 Å². The Kier molecular flexibility index (Phi) is 7.24. The van der Waals surface area contributed by atoms with Crippen molar-refractivity contribution < 1.29 is 38.6 Å². The molecule has 12 heteroatoms. The molecule has 37 heavy (non-hydrogen) atoms. The fourth-order valence-corrected chi connectivity index (χ4v) is 3.74. The third-order valence-electron chi connectivity index (χ3n) is 5.52. The van der Waals surface area contributed by atoms with Crippen molar-refractivity contribution in [2.75, 3.05) is 21.3 Å². The number of methoxy groups -OCH3 is 3. The molecular formula is C25H28N2O10. The fraction of sp³-hybridized carbons (Fsp3) is 0.360. The summed E-state index contributed by atoms with van der Waals surface area (Å²) in [6, 6.07) is 2.47. The Morgan fingerprint density at radius 1 is 0.757 bits per heavy atom. The van der Waals surface area contributed by atoms with E-state index in [2.05, 4.69) is 0 Å². The van der Waals surface area contributed by atoms with Gasteiger partial charge in [-0.25, -0.2) is 0 Å². The summed E-state index contributed by atoms with van der Waals surface area (Å²) < 4.78 is 26.5. The second kappa shape index (κ2) is 9.88. The van der Waals surface area contributed by atoms with Crippen LogP contribution in [0.1, 0.15) is 38.8 Å². The average Bonchev–Trinajstić information content (AvgIpc) is 2.82. The number of phenolic OH excluding ortho intramolecular Hbond substituents is 1. The normalized spacial score (nSPS) is 15.5. The highest BCUT2D eigenvalue weighted by Crippen LogP contribution is 2.49. The Morgan fingerprint density at radius 3 is 1.62 bits per heavy atom. The average molecular weight is 517 g/mol. The van der Waals surface area contributed by atoms with E-state index in [0.717, 1.165) is 6.07 Å². The van der Waals surface area contributed by atoms with Gasteiger partial charge in [0.15, 0.2) is 23.0 Å². The molecule has 0 saturated heterocycles. The fourth-order valence-electron chi connectivity index (χ4n) is 3.74. The van der Waals surface area contributed by atoms with Crippen LogP contribution in [0.15, 0.2) is 24.3 Å². The molecule has 0 aromatic heterocycles. The van der Waals surface area contributed by atoms with Gasteiger partial charge in [0, 0.05) is 0 Å². The van der Waals surface area contributed by atoms with Gasteiger partial charge in [-0.2, -0.15) is 0 Å². The lowest BCUT2D eigenvalue weighted by molar-refractivity contribution is -0.386. The van der Waals surface area contributed by atoms with E-state index in [-0.39, 0.29) is 39.9 Å². The second-order valence-corrected chi connectivity index (χ2v) is 9.16. The molecule has 0 aliphatic carbocycles. The van der Waals surface area contributed by atoms with Crippen LogP contribution in [0.2, 0.25) is 0 Å². The molecule has 0 amide bonds. The van der Waals surface area contributed by atoms with E-state index in [1.54, 1.807) is 32.1 Å². The van der Waals surface area contributed by atoms with Crippen LogP contribution in [0.3, 0.4) is 0 Å². The number of nitro benzene ring substituents is 2. The largest absolute Gasteiger partial charge is 0.504 e. The molecule has 2 aromatic carbocycles. The molecule has 2 aliphatic rings. The van der Waals surface area contributed by atoms with Gasteiger partial charge in [-0.15, -0.1) is 0 Å². The smallest absolute Gasteiger partial charge is 0.315 e. The van der Waals surface area contributed by atoms with Crippen LogP contribution >= 0.6 is 0 Å². The zero-order valence-electron chi connectivity index (χ0n) is 21.5. The van der Waals surface area contributed by atoms with Crippen molar-refractivity contribution >= 4 is 23.5 Å². The highest BCUT2D eigenvalue weighted by atomic mass is 16.6. The molecule has 0 radical (unpaired) electrons. The lowest BCUT2D eigenvalue weighted by atomic mass is 10.0. The van der Waals surface area contributed by atoms with E-state index in [1.807, 2.05) is 19.9 Å². The molecule has 198 valence electrons. The quantitative estimate of drug-likeness (QED) is 0.410. The van der Waals surface area contributed by atoms with E-state index in [9.17, 15) is 25.3 Å². The van der Waals surface area contributed by atoms with E-state index >= 15 is 0 Å². The zero-order valence-corrected chi connectivity index (χ0v) is 21.5. The maximum atomic E-state index is 11.2. The van der Waals surface area contributed by atoms with Crippen LogP contribution in [0.5, 0.6) is 34.5 Å². The molecular weight excluding hydrogens is 488 g/mol. The number of aromatic hydroxyl groups is 1. The number of nitrogens with zero attached hydrogens (tertiary/aromatic N) is 2. The number of phenols is 1. The second-order valence-electron chi connectivity index (χ2n) is 9.16. The van der Waals surface area contributed by atoms with Gasteiger partial charge >= 0.3 is 11.4 Å². The Morgan fingerprint density at radius 2 is 1.19 bits per heavy atom. The van der Waals surface area contributed by atoms with Gasteiger partial charge < -0.3 is 28.8 Å². The highest BCUT2D eigenvalue weighted by molar-refractivity contribution is 5.77. The van der Waals surface area contributed by atoms with Crippen molar-refractivity contribution in [1.29, 1.82) is 0 Å². The first-order valence-electron chi connectivity index (χ1n) is 11.0. The monoisotopic (exact) mass is 516 g/mol. The standard InChI is InChI=1S/C13H15NO5.C12H13NO5/c1-13(2)6-5-8-11(19-13)9(14(15)16)7-10(17-3)12(8)18-4;1-12(2)5-4-7-10(14)9(17-3)6-8(13(15)16)11(7)18-12/h5-7H,1-4H3;4-6,14H,1-3H3. The van der Waals surface area contributed by atoms with Crippen LogP contribution in [0.4, 0.5) is 11.4 Å². The molecule has 0 spiro atoms. The van der Waals surface area contributed by atoms with Gasteiger partial charge in [-0.3, -0.25) is 20.2 Å². The predicted molar refractivity (Wildman–Crippen MR) is 135 cm³/mol. The van der Waals surface area contributed by atoms with Gasteiger partial charge in [0.25, 0.3) is 0 Å². The van der Waals surface area contributed by atoms with Crippen molar-refractivity contribution in [1.82, 2.24) is 0 Å². The number of rotatable bonds is 5. The molecule has 0 atom stereocenters. The molecule has 0 fully saturated rings. The maximum absolute atomic E-state index is 11.2. The minimum absolute atomic E-state index is 0.0495. The van der Waals surface area contributed by atoms with Crippen LogP contribution in [-0.4, -0.2) is 47.5 Å². The number of hydrogen-bond acceptors (Lipinski definition) is 10. The zero-order chi connectivity index (χ0) is 27.7. The number of ether oxygens (including phenoxy) is 5. The minimum atomic E-state index is -0.654. The van der Waals surface area contributed by atoms with E-state index in [1.165, 1.54) is 27.4 Å². The summed E-state index contributed by atoms with van der Waals surface area (Å²) in [6.45, 7) is 7.20. The van der Waals surface area contributed by atoms with Crippen LogP contribution in [0.25, 0.3) is 12.2 Å². The van der Waals surface area contributed by atoms with Gasteiger partial charge in [-0.05, 0) is 52.0 Å². The summed E-state index contributed by atoms with van der Waals surface area (Å²) in [5.41, 5.74) is -0.828. The van der Waals surface area contributed by atoms with Crippen LogP contribution < -0.4 is 23.7 Å². The molecule has 2 heterocycles. The summed E-state index contributed by atoms with van der Waals surface area (Å²) in [6.07, 6.45) is 6.90. The Bertz CT molecular complexity index is 1310. The molecule has 0 unspecified atom stereocenters. The topological polar surface area (TPSA) is 153 Å². The number of hydrogen-bond donors (Lipinski definition) is 1. The number of fused-ring (bicyclic) bond motifs is 2. The first-order valence-corrected chi connectivity index (χ1v) is 11.0. The Labute approximate surface area is 213 Å². The molecule has 4 rings (SSSR count). The highest BCUT2D eigenvalue weighted by Gasteiger charge is 2.34. The van der Waals surface area contributed by atoms with Gasteiger partial charge in [0.2, 0.25) is 11.5 Å².